The molecule has 1 aliphatic rings. The molecule has 0 unspecified atom stereocenters. The van der Waals surface area contributed by atoms with E-state index in [2.05, 4.69) is 0 Å². The fraction of sp³-hybridized carbons (Fsp3) is 0.556. The average molecular weight is 338 g/mol. The zero-order chi connectivity index (χ0) is 17.1. The second-order valence-electron chi connectivity index (χ2n) is 7.22. The number of rotatable bonds is 4. The normalized spacial score (nSPS) is 18.4. The molecular formula is C18H24ClNO3. The number of halogens is 1. The van der Waals surface area contributed by atoms with Crippen molar-refractivity contribution in [3.05, 3.63) is 34.9 Å². The molecule has 1 fully saturated rings. The third-order valence-electron chi connectivity index (χ3n) is 4.41. The van der Waals surface area contributed by atoms with Gasteiger partial charge in [-0.1, -0.05) is 23.7 Å². The average Bonchev–Trinajstić information content (AvgIpc) is 2.48. The van der Waals surface area contributed by atoms with E-state index in [9.17, 15) is 9.59 Å². The SMILES string of the molecule is CC(C)(C)C(=O)ON1CCC(CC=O)(c2cccc(Cl)c2)CC1. The van der Waals surface area contributed by atoms with E-state index < -0.39 is 5.41 Å². The van der Waals surface area contributed by atoms with E-state index in [1.54, 1.807) is 5.06 Å². The highest BCUT2D eigenvalue weighted by molar-refractivity contribution is 6.30. The summed E-state index contributed by atoms with van der Waals surface area (Å²) < 4.78 is 0. The molecule has 0 bridgehead atoms. The van der Waals surface area contributed by atoms with E-state index in [1.165, 1.54) is 0 Å². The lowest BCUT2D eigenvalue weighted by atomic mass is 9.71. The maximum atomic E-state index is 12.0. The summed E-state index contributed by atoms with van der Waals surface area (Å²) in [5.74, 6) is -0.233. The molecule has 0 atom stereocenters. The van der Waals surface area contributed by atoms with Gasteiger partial charge in [0.15, 0.2) is 0 Å². The zero-order valence-electron chi connectivity index (χ0n) is 14.0. The van der Waals surface area contributed by atoms with Gasteiger partial charge in [-0.05, 0) is 51.3 Å². The van der Waals surface area contributed by atoms with Crippen LogP contribution >= 0.6 is 11.6 Å². The Morgan fingerprint density at radius 3 is 2.52 bits per heavy atom. The summed E-state index contributed by atoms with van der Waals surface area (Å²) in [7, 11) is 0. The molecule has 2 rings (SSSR count). The Balaban J connectivity index is 2.09. The van der Waals surface area contributed by atoms with E-state index in [1.807, 2.05) is 45.0 Å². The molecule has 1 saturated heterocycles. The molecule has 23 heavy (non-hydrogen) atoms. The summed E-state index contributed by atoms with van der Waals surface area (Å²) in [6.45, 7) is 6.73. The van der Waals surface area contributed by atoms with Gasteiger partial charge in [0.2, 0.25) is 0 Å². The Bertz CT molecular complexity index is 572. The van der Waals surface area contributed by atoms with Crippen molar-refractivity contribution in [2.75, 3.05) is 13.1 Å². The summed E-state index contributed by atoms with van der Waals surface area (Å²) in [4.78, 5) is 28.7. The first kappa shape index (κ1) is 18.0. The van der Waals surface area contributed by atoms with Gasteiger partial charge in [-0.3, -0.25) is 0 Å². The Hall–Kier alpha value is -1.39. The van der Waals surface area contributed by atoms with Crippen molar-refractivity contribution in [1.29, 1.82) is 0 Å². The highest BCUT2D eigenvalue weighted by Gasteiger charge is 2.38. The predicted molar refractivity (Wildman–Crippen MR) is 90.2 cm³/mol. The van der Waals surface area contributed by atoms with Gasteiger partial charge >= 0.3 is 5.97 Å². The third-order valence-corrected chi connectivity index (χ3v) is 4.65. The first-order valence-electron chi connectivity index (χ1n) is 7.94. The Kier molecular flexibility index (Phi) is 5.48. The number of aldehydes is 1. The number of carbonyl (C=O) groups is 2. The number of benzene rings is 1. The van der Waals surface area contributed by atoms with E-state index in [-0.39, 0.29) is 11.4 Å². The quantitative estimate of drug-likeness (QED) is 0.785. The lowest BCUT2D eigenvalue weighted by Gasteiger charge is -2.41. The number of carbonyl (C=O) groups excluding carboxylic acids is 2. The minimum Gasteiger partial charge on any atom is -0.367 e. The largest absolute Gasteiger partial charge is 0.367 e. The van der Waals surface area contributed by atoms with Crippen LogP contribution in [0, 0.1) is 5.41 Å². The molecule has 0 radical (unpaired) electrons. The molecule has 0 amide bonds. The van der Waals surface area contributed by atoms with E-state index in [0.29, 0.717) is 24.5 Å². The summed E-state index contributed by atoms with van der Waals surface area (Å²) in [5.41, 5.74) is 0.334. The van der Waals surface area contributed by atoms with Gasteiger partial charge in [0.05, 0.1) is 5.41 Å². The van der Waals surface area contributed by atoms with Gasteiger partial charge < -0.3 is 9.63 Å². The van der Waals surface area contributed by atoms with Crippen molar-refractivity contribution in [3.63, 3.8) is 0 Å². The van der Waals surface area contributed by atoms with Crippen LogP contribution in [0.1, 0.15) is 45.6 Å². The van der Waals surface area contributed by atoms with Crippen LogP contribution in [0.2, 0.25) is 5.02 Å². The van der Waals surface area contributed by atoms with Crippen LogP contribution in [0.4, 0.5) is 0 Å². The Morgan fingerprint density at radius 2 is 2.00 bits per heavy atom. The molecule has 126 valence electrons. The van der Waals surface area contributed by atoms with Crippen LogP contribution in [0.5, 0.6) is 0 Å². The number of piperidine rings is 1. The van der Waals surface area contributed by atoms with Crippen molar-refractivity contribution in [3.8, 4) is 0 Å². The predicted octanol–water partition coefficient (Wildman–Crippen LogP) is 3.77. The smallest absolute Gasteiger partial charge is 0.330 e. The Morgan fingerprint density at radius 1 is 1.35 bits per heavy atom. The minimum atomic E-state index is -0.524. The number of hydrogen-bond acceptors (Lipinski definition) is 4. The molecule has 0 saturated carbocycles. The maximum absolute atomic E-state index is 12.0. The molecule has 4 nitrogen and oxygen atoms in total. The molecule has 1 aliphatic heterocycles. The van der Waals surface area contributed by atoms with Crippen molar-refractivity contribution in [2.45, 2.75) is 45.4 Å². The molecule has 0 spiro atoms. The summed E-state index contributed by atoms with van der Waals surface area (Å²) in [6.07, 6.45) is 2.93. The second kappa shape index (κ2) is 7.02. The molecule has 0 aliphatic carbocycles. The van der Waals surface area contributed by atoms with E-state index >= 15 is 0 Å². The van der Waals surface area contributed by atoms with Crippen LogP contribution in [0.15, 0.2) is 24.3 Å². The molecule has 0 aromatic heterocycles. The van der Waals surface area contributed by atoms with Gasteiger partial charge in [-0.15, -0.1) is 5.06 Å². The van der Waals surface area contributed by atoms with Crippen LogP contribution in [0.3, 0.4) is 0 Å². The van der Waals surface area contributed by atoms with Crippen LogP contribution in [0.25, 0.3) is 0 Å². The molecule has 1 heterocycles. The summed E-state index contributed by atoms with van der Waals surface area (Å²) >= 11 is 6.11. The number of nitrogens with zero attached hydrogens (tertiary/aromatic N) is 1. The second-order valence-corrected chi connectivity index (χ2v) is 7.66. The highest BCUT2D eigenvalue weighted by Crippen LogP contribution is 2.39. The van der Waals surface area contributed by atoms with Gasteiger partial charge in [-0.25, -0.2) is 4.79 Å². The van der Waals surface area contributed by atoms with Crippen molar-refractivity contribution in [2.24, 2.45) is 5.41 Å². The molecule has 0 N–H and O–H groups in total. The first-order valence-corrected chi connectivity index (χ1v) is 8.32. The first-order chi connectivity index (χ1) is 10.8. The summed E-state index contributed by atoms with van der Waals surface area (Å²) in [6, 6.07) is 7.70. The van der Waals surface area contributed by atoms with E-state index in [0.717, 1.165) is 24.7 Å². The Labute approximate surface area is 142 Å². The number of hydroxylamine groups is 2. The van der Waals surface area contributed by atoms with Gasteiger partial charge in [0.25, 0.3) is 0 Å². The van der Waals surface area contributed by atoms with Gasteiger partial charge in [-0.2, -0.15) is 0 Å². The third kappa shape index (κ3) is 4.33. The highest BCUT2D eigenvalue weighted by atomic mass is 35.5. The van der Waals surface area contributed by atoms with Crippen molar-refractivity contribution < 1.29 is 14.4 Å². The zero-order valence-corrected chi connectivity index (χ0v) is 14.7. The van der Waals surface area contributed by atoms with Gasteiger partial charge in [0, 0.05) is 29.9 Å². The fourth-order valence-electron chi connectivity index (χ4n) is 2.85. The monoisotopic (exact) mass is 337 g/mol. The van der Waals surface area contributed by atoms with Crippen molar-refractivity contribution >= 4 is 23.9 Å². The molecular weight excluding hydrogens is 314 g/mol. The lowest BCUT2D eigenvalue weighted by Crippen LogP contribution is -2.45. The topological polar surface area (TPSA) is 46.6 Å². The van der Waals surface area contributed by atoms with Crippen LogP contribution < -0.4 is 0 Å². The van der Waals surface area contributed by atoms with Crippen LogP contribution in [-0.2, 0) is 19.8 Å². The van der Waals surface area contributed by atoms with Gasteiger partial charge in [0.1, 0.15) is 6.29 Å². The molecule has 1 aromatic carbocycles. The lowest BCUT2D eigenvalue weighted by molar-refractivity contribution is -0.207. The van der Waals surface area contributed by atoms with E-state index in [4.69, 9.17) is 16.4 Å². The molecule has 5 heteroatoms. The number of hydrogen-bond donors (Lipinski definition) is 0. The molecule has 1 aromatic rings. The summed E-state index contributed by atoms with van der Waals surface area (Å²) in [5, 5.41) is 2.38. The van der Waals surface area contributed by atoms with Crippen LogP contribution in [-0.4, -0.2) is 30.4 Å². The standard InChI is InChI=1S/C18H24ClNO3/c1-17(2,3)16(22)23-20-10-7-18(8-11-20,9-12-21)14-5-4-6-15(19)13-14/h4-6,12-13H,7-11H2,1-3H3. The fourth-order valence-corrected chi connectivity index (χ4v) is 3.04. The minimum absolute atomic E-state index is 0.225. The maximum Gasteiger partial charge on any atom is 0.330 e. The van der Waals surface area contributed by atoms with Crippen molar-refractivity contribution in [1.82, 2.24) is 5.06 Å².